The summed E-state index contributed by atoms with van der Waals surface area (Å²) in [6.07, 6.45) is 3.03. The second kappa shape index (κ2) is 6.03. The van der Waals surface area contributed by atoms with Gasteiger partial charge in [0.1, 0.15) is 0 Å². The van der Waals surface area contributed by atoms with Crippen LogP contribution < -0.4 is 10.0 Å². The van der Waals surface area contributed by atoms with Crippen molar-refractivity contribution in [2.24, 2.45) is 0 Å². The third kappa shape index (κ3) is 3.55. The fourth-order valence-electron chi connectivity index (χ4n) is 2.08. The highest BCUT2D eigenvalue weighted by Crippen LogP contribution is 2.22. The third-order valence-electron chi connectivity index (χ3n) is 3.62. The van der Waals surface area contributed by atoms with E-state index in [9.17, 15) is 8.42 Å². The first-order chi connectivity index (χ1) is 9.03. The third-order valence-corrected chi connectivity index (χ3v) is 5.14. The molecular weight excluding hydrogens is 260 g/mol. The van der Waals surface area contributed by atoms with Gasteiger partial charge in [-0.15, -0.1) is 0 Å². The quantitative estimate of drug-likeness (QED) is 0.838. The van der Waals surface area contributed by atoms with Gasteiger partial charge in [-0.25, -0.2) is 13.1 Å². The average molecular weight is 282 g/mol. The van der Waals surface area contributed by atoms with Gasteiger partial charge in [-0.1, -0.05) is 19.4 Å². The summed E-state index contributed by atoms with van der Waals surface area (Å²) in [5, 5.41) is 3.23. The minimum absolute atomic E-state index is 0.128. The number of aryl methyl sites for hydroxylation is 1. The summed E-state index contributed by atoms with van der Waals surface area (Å²) in [5.74, 6) is 0. The monoisotopic (exact) mass is 282 g/mol. The number of hydrogen-bond donors (Lipinski definition) is 2. The van der Waals surface area contributed by atoms with Crippen LogP contribution in [0.1, 0.15) is 37.3 Å². The maximum atomic E-state index is 12.2. The largest absolute Gasteiger partial charge is 0.313 e. The van der Waals surface area contributed by atoms with Crippen LogP contribution in [0, 0.1) is 6.92 Å². The molecule has 1 saturated carbocycles. The molecule has 2 N–H and O–H groups in total. The highest BCUT2D eigenvalue weighted by atomic mass is 32.2. The normalized spacial score (nSPS) is 16.3. The molecule has 0 radical (unpaired) electrons. The highest BCUT2D eigenvalue weighted by Gasteiger charge is 2.24. The van der Waals surface area contributed by atoms with Crippen molar-refractivity contribution in [1.29, 1.82) is 0 Å². The number of hydrogen-bond acceptors (Lipinski definition) is 3. The van der Waals surface area contributed by atoms with Crippen molar-refractivity contribution in [1.82, 2.24) is 10.0 Å². The van der Waals surface area contributed by atoms with Crippen LogP contribution in [0.3, 0.4) is 0 Å². The molecule has 0 amide bonds. The molecule has 1 aromatic rings. The Labute approximate surface area is 115 Å². The summed E-state index contributed by atoms with van der Waals surface area (Å²) in [6, 6.07) is 5.47. The highest BCUT2D eigenvalue weighted by molar-refractivity contribution is 7.89. The first kappa shape index (κ1) is 14.5. The molecule has 0 aromatic heterocycles. The van der Waals surface area contributed by atoms with E-state index >= 15 is 0 Å². The summed E-state index contributed by atoms with van der Waals surface area (Å²) in [6.45, 7) is 5.61. The van der Waals surface area contributed by atoms with E-state index < -0.39 is 10.0 Å². The Bertz CT molecular complexity index is 536. The first-order valence-electron chi connectivity index (χ1n) is 6.85. The van der Waals surface area contributed by atoms with Crippen LogP contribution in [-0.4, -0.2) is 21.0 Å². The Balaban J connectivity index is 2.18. The van der Waals surface area contributed by atoms with E-state index in [0.29, 0.717) is 11.4 Å². The Kier molecular flexibility index (Phi) is 4.60. The fraction of sp³-hybridized carbons (Fsp3) is 0.571. The summed E-state index contributed by atoms with van der Waals surface area (Å²) in [7, 11) is -3.36. The van der Waals surface area contributed by atoms with E-state index in [0.717, 1.165) is 36.9 Å². The summed E-state index contributed by atoms with van der Waals surface area (Å²) < 4.78 is 27.2. The predicted octanol–water partition coefficient (Wildman–Crippen LogP) is 1.94. The SMILES string of the molecule is CCNCc1cc(S(=O)(=O)NC2CCC2)ccc1C. The van der Waals surface area contributed by atoms with E-state index in [-0.39, 0.29) is 6.04 Å². The van der Waals surface area contributed by atoms with Gasteiger partial charge < -0.3 is 5.32 Å². The fourth-order valence-corrected chi connectivity index (χ4v) is 3.43. The van der Waals surface area contributed by atoms with Crippen LogP contribution >= 0.6 is 0 Å². The van der Waals surface area contributed by atoms with Gasteiger partial charge in [0, 0.05) is 12.6 Å². The maximum Gasteiger partial charge on any atom is 0.240 e. The van der Waals surface area contributed by atoms with Crippen LogP contribution in [-0.2, 0) is 16.6 Å². The van der Waals surface area contributed by atoms with E-state index in [4.69, 9.17) is 0 Å². The second-order valence-corrected chi connectivity index (χ2v) is 6.83. The van der Waals surface area contributed by atoms with Crippen molar-refractivity contribution in [3.63, 3.8) is 0 Å². The molecule has 0 aliphatic heterocycles. The van der Waals surface area contributed by atoms with Gasteiger partial charge in [0.05, 0.1) is 4.90 Å². The molecule has 1 aliphatic carbocycles. The van der Waals surface area contributed by atoms with Crippen LogP contribution in [0.15, 0.2) is 23.1 Å². The van der Waals surface area contributed by atoms with Crippen molar-refractivity contribution in [2.75, 3.05) is 6.54 Å². The predicted molar refractivity (Wildman–Crippen MR) is 76.5 cm³/mol. The van der Waals surface area contributed by atoms with Crippen molar-refractivity contribution >= 4 is 10.0 Å². The lowest BCUT2D eigenvalue weighted by atomic mass is 9.94. The zero-order valence-corrected chi connectivity index (χ0v) is 12.4. The standard InChI is InChI=1S/C14H22N2O2S/c1-3-15-10-12-9-14(8-7-11(12)2)19(17,18)16-13-5-4-6-13/h7-9,13,15-16H,3-6,10H2,1-2H3. The smallest absolute Gasteiger partial charge is 0.240 e. The Morgan fingerprint density at radius 1 is 1.32 bits per heavy atom. The minimum Gasteiger partial charge on any atom is -0.313 e. The average Bonchev–Trinajstić information content (AvgIpc) is 2.33. The van der Waals surface area contributed by atoms with Gasteiger partial charge in [-0.05, 0) is 49.6 Å². The Hall–Kier alpha value is -0.910. The van der Waals surface area contributed by atoms with E-state index in [1.807, 2.05) is 19.9 Å². The van der Waals surface area contributed by atoms with Crippen LogP contribution in [0.25, 0.3) is 0 Å². The molecule has 0 heterocycles. The minimum atomic E-state index is -3.36. The molecule has 106 valence electrons. The molecular formula is C14H22N2O2S. The zero-order chi connectivity index (χ0) is 13.9. The van der Waals surface area contributed by atoms with Gasteiger partial charge in [-0.3, -0.25) is 0 Å². The molecule has 4 nitrogen and oxygen atoms in total. The summed E-state index contributed by atoms with van der Waals surface area (Å²) in [4.78, 5) is 0.373. The van der Waals surface area contributed by atoms with Crippen molar-refractivity contribution in [3.8, 4) is 0 Å². The topological polar surface area (TPSA) is 58.2 Å². The molecule has 2 rings (SSSR count). The van der Waals surface area contributed by atoms with Crippen LogP contribution in [0.2, 0.25) is 0 Å². The molecule has 0 spiro atoms. The van der Waals surface area contributed by atoms with Gasteiger partial charge in [0.15, 0.2) is 0 Å². The van der Waals surface area contributed by atoms with Crippen molar-refractivity contribution in [2.45, 2.75) is 50.6 Å². The number of rotatable bonds is 6. The molecule has 0 atom stereocenters. The first-order valence-corrected chi connectivity index (χ1v) is 8.34. The van der Waals surface area contributed by atoms with Crippen molar-refractivity contribution in [3.05, 3.63) is 29.3 Å². The van der Waals surface area contributed by atoms with Gasteiger partial charge >= 0.3 is 0 Å². The number of benzene rings is 1. The molecule has 5 heteroatoms. The van der Waals surface area contributed by atoms with E-state index in [2.05, 4.69) is 10.0 Å². The lowest BCUT2D eigenvalue weighted by molar-refractivity contribution is 0.383. The lowest BCUT2D eigenvalue weighted by Gasteiger charge is -2.26. The van der Waals surface area contributed by atoms with Crippen LogP contribution in [0.4, 0.5) is 0 Å². The molecule has 19 heavy (non-hydrogen) atoms. The number of nitrogens with one attached hydrogen (secondary N) is 2. The Morgan fingerprint density at radius 3 is 2.63 bits per heavy atom. The molecule has 1 fully saturated rings. The number of sulfonamides is 1. The van der Waals surface area contributed by atoms with Gasteiger partial charge in [0.25, 0.3) is 0 Å². The molecule has 0 unspecified atom stereocenters. The van der Waals surface area contributed by atoms with Gasteiger partial charge in [-0.2, -0.15) is 0 Å². The molecule has 1 aliphatic rings. The lowest BCUT2D eigenvalue weighted by Crippen LogP contribution is -2.39. The van der Waals surface area contributed by atoms with E-state index in [1.165, 1.54) is 0 Å². The van der Waals surface area contributed by atoms with Gasteiger partial charge in [0.2, 0.25) is 10.0 Å². The van der Waals surface area contributed by atoms with E-state index in [1.54, 1.807) is 12.1 Å². The summed E-state index contributed by atoms with van der Waals surface area (Å²) >= 11 is 0. The second-order valence-electron chi connectivity index (χ2n) is 5.12. The van der Waals surface area contributed by atoms with Crippen LogP contribution in [0.5, 0.6) is 0 Å². The molecule has 0 saturated heterocycles. The van der Waals surface area contributed by atoms with Crippen molar-refractivity contribution < 1.29 is 8.42 Å². The summed E-state index contributed by atoms with van der Waals surface area (Å²) in [5.41, 5.74) is 2.15. The zero-order valence-electron chi connectivity index (χ0n) is 11.6. The molecule has 0 bridgehead atoms. The Morgan fingerprint density at radius 2 is 2.05 bits per heavy atom. The maximum absolute atomic E-state index is 12.2. The molecule has 1 aromatic carbocycles.